The molecule has 0 bridgehead atoms. The molecule has 0 saturated heterocycles. The zero-order valence-corrected chi connectivity index (χ0v) is 15.6. The van der Waals surface area contributed by atoms with Crippen molar-refractivity contribution >= 4 is 43.5 Å². The van der Waals surface area contributed by atoms with E-state index in [4.69, 9.17) is 21.6 Å². The number of alkyl halides is 1. The average Bonchev–Trinajstić information content (AvgIpc) is 2.40. The van der Waals surface area contributed by atoms with Gasteiger partial charge in [-0.2, -0.15) is 5.26 Å². The summed E-state index contributed by atoms with van der Waals surface area (Å²) >= 11 is 12.8. The maximum atomic E-state index is 8.95. The fourth-order valence-electron chi connectivity index (χ4n) is 1.73. The van der Waals surface area contributed by atoms with Crippen molar-refractivity contribution < 1.29 is 4.74 Å². The number of ether oxygens (including phenoxy) is 1. The first-order valence-corrected chi connectivity index (χ1v) is 8.59. The SMILES string of the molecule is CC(C)(C#N)CCCCOc1c(Br)cc(CCl)cc1Br. The number of hydrogen-bond acceptors (Lipinski definition) is 2. The molecule has 0 amide bonds. The topological polar surface area (TPSA) is 33.0 Å². The molecule has 0 saturated carbocycles. The largest absolute Gasteiger partial charge is 0.491 e. The van der Waals surface area contributed by atoms with Gasteiger partial charge in [-0.15, -0.1) is 11.6 Å². The van der Waals surface area contributed by atoms with Crippen LogP contribution in [0.4, 0.5) is 0 Å². The molecule has 110 valence electrons. The van der Waals surface area contributed by atoms with Crippen LogP contribution >= 0.6 is 43.5 Å². The molecule has 0 atom stereocenters. The molecule has 0 N–H and O–H groups in total. The molecule has 1 aromatic rings. The lowest BCUT2D eigenvalue weighted by molar-refractivity contribution is 0.292. The Labute approximate surface area is 142 Å². The monoisotopic (exact) mass is 421 g/mol. The molecule has 0 radical (unpaired) electrons. The molecule has 0 aliphatic heterocycles. The van der Waals surface area contributed by atoms with Crippen molar-refractivity contribution in [3.63, 3.8) is 0 Å². The smallest absolute Gasteiger partial charge is 0.147 e. The van der Waals surface area contributed by atoms with Crippen LogP contribution in [0, 0.1) is 16.7 Å². The standard InChI is InChI=1S/C15H18Br2ClNO/c1-15(2,10-19)5-3-4-6-20-14-12(16)7-11(9-18)8-13(14)17/h7-8H,3-6,9H2,1-2H3. The lowest BCUT2D eigenvalue weighted by Gasteiger charge is -2.15. The highest BCUT2D eigenvalue weighted by Gasteiger charge is 2.15. The van der Waals surface area contributed by atoms with Crippen molar-refractivity contribution in [2.24, 2.45) is 5.41 Å². The van der Waals surface area contributed by atoms with E-state index in [0.717, 1.165) is 39.5 Å². The summed E-state index contributed by atoms with van der Waals surface area (Å²) < 4.78 is 7.60. The van der Waals surface area contributed by atoms with Crippen molar-refractivity contribution in [1.82, 2.24) is 0 Å². The number of hydrogen-bond donors (Lipinski definition) is 0. The molecule has 0 spiro atoms. The summed E-state index contributed by atoms with van der Waals surface area (Å²) in [5.41, 5.74) is 0.789. The number of nitriles is 1. The Morgan fingerprint density at radius 1 is 1.25 bits per heavy atom. The molecule has 0 fully saturated rings. The van der Waals surface area contributed by atoms with Crippen molar-refractivity contribution in [3.05, 3.63) is 26.6 Å². The molecule has 1 aromatic carbocycles. The molecule has 2 nitrogen and oxygen atoms in total. The highest BCUT2D eigenvalue weighted by molar-refractivity contribution is 9.11. The highest BCUT2D eigenvalue weighted by Crippen LogP contribution is 2.35. The zero-order chi connectivity index (χ0) is 15.2. The lowest BCUT2D eigenvalue weighted by Crippen LogP contribution is -2.08. The Hall–Kier alpha value is -0.240. The van der Waals surface area contributed by atoms with Gasteiger partial charge in [-0.05, 0) is 82.7 Å². The maximum Gasteiger partial charge on any atom is 0.147 e. The van der Waals surface area contributed by atoms with E-state index in [1.165, 1.54) is 0 Å². The third-order valence-electron chi connectivity index (χ3n) is 2.96. The van der Waals surface area contributed by atoms with Crippen LogP contribution in [-0.2, 0) is 5.88 Å². The summed E-state index contributed by atoms with van der Waals surface area (Å²) in [6, 6.07) is 6.24. The van der Waals surface area contributed by atoms with E-state index in [-0.39, 0.29) is 5.41 Å². The van der Waals surface area contributed by atoms with Crippen molar-refractivity contribution in [1.29, 1.82) is 5.26 Å². The van der Waals surface area contributed by atoms with Gasteiger partial charge in [0.25, 0.3) is 0 Å². The van der Waals surface area contributed by atoms with Crippen molar-refractivity contribution in [2.45, 2.75) is 39.0 Å². The predicted molar refractivity (Wildman–Crippen MR) is 90.1 cm³/mol. The fraction of sp³-hybridized carbons (Fsp3) is 0.533. The van der Waals surface area contributed by atoms with E-state index in [9.17, 15) is 0 Å². The van der Waals surface area contributed by atoms with Crippen LogP contribution in [0.15, 0.2) is 21.1 Å². The van der Waals surface area contributed by atoms with Crippen LogP contribution in [-0.4, -0.2) is 6.61 Å². The third-order valence-corrected chi connectivity index (χ3v) is 4.44. The average molecular weight is 424 g/mol. The van der Waals surface area contributed by atoms with Gasteiger partial charge in [0.05, 0.1) is 27.0 Å². The highest BCUT2D eigenvalue weighted by atomic mass is 79.9. The molecule has 20 heavy (non-hydrogen) atoms. The molecule has 0 aliphatic rings. The number of halogens is 3. The Bertz CT molecular complexity index is 474. The van der Waals surface area contributed by atoms with Crippen LogP contribution < -0.4 is 4.74 Å². The minimum Gasteiger partial charge on any atom is -0.491 e. The van der Waals surface area contributed by atoms with Gasteiger partial charge in [-0.25, -0.2) is 0 Å². The van der Waals surface area contributed by atoms with Gasteiger partial charge in [0.1, 0.15) is 5.75 Å². The van der Waals surface area contributed by atoms with Gasteiger partial charge in [-0.1, -0.05) is 0 Å². The normalized spacial score (nSPS) is 11.2. The molecular formula is C15H18Br2ClNO. The predicted octanol–water partition coefficient (Wildman–Crippen LogP) is 6.05. The van der Waals surface area contributed by atoms with Crippen LogP contribution in [0.25, 0.3) is 0 Å². The van der Waals surface area contributed by atoms with E-state index >= 15 is 0 Å². The van der Waals surface area contributed by atoms with Crippen LogP contribution in [0.3, 0.4) is 0 Å². The summed E-state index contributed by atoms with van der Waals surface area (Å²) in [6.45, 7) is 4.57. The Balaban J connectivity index is 2.45. The summed E-state index contributed by atoms with van der Waals surface area (Å²) in [7, 11) is 0. The first-order chi connectivity index (χ1) is 9.39. The van der Waals surface area contributed by atoms with E-state index in [1.54, 1.807) is 0 Å². The lowest BCUT2D eigenvalue weighted by atomic mass is 9.89. The second kappa shape index (κ2) is 8.26. The quantitative estimate of drug-likeness (QED) is 0.395. The van der Waals surface area contributed by atoms with Crippen LogP contribution in [0.2, 0.25) is 0 Å². The Kier molecular flexibility index (Phi) is 7.36. The minimum atomic E-state index is -0.247. The third kappa shape index (κ3) is 5.63. The van der Waals surface area contributed by atoms with Gasteiger partial charge in [-0.3, -0.25) is 0 Å². The summed E-state index contributed by atoms with van der Waals surface area (Å²) in [6.07, 6.45) is 2.80. The molecule has 0 aromatic heterocycles. The summed E-state index contributed by atoms with van der Waals surface area (Å²) in [5.74, 6) is 1.28. The van der Waals surface area contributed by atoms with Gasteiger partial charge in [0.15, 0.2) is 0 Å². The minimum absolute atomic E-state index is 0.247. The van der Waals surface area contributed by atoms with E-state index in [0.29, 0.717) is 12.5 Å². The molecule has 0 heterocycles. The number of unbranched alkanes of at least 4 members (excludes halogenated alkanes) is 1. The first kappa shape index (κ1) is 17.8. The van der Waals surface area contributed by atoms with Crippen LogP contribution in [0.5, 0.6) is 5.75 Å². The second-order valence-corrected chi connectivity index (χ2v) is 7.30. The number of rotatable bonds is 7. The summed E-state index contributed by atoms with van der Waals surface area (Å²) in [4.78, 5) is 0. The van der Waals surface area contributed by atoms with Crippen molar-refractivity contribution in [3.8, 4) is 11.8 Å². The van der Waals surface area contributed by atoms with E-state index in [2.05, 4.69) is 37.9 Å². The molecule has 0 unspecified atom stereocenters. The zero-order valence-electron chi connectivity index (χ0n) is 11.7. The van der Waals surface area contributed by atoms with Gasteiger partial charge < -0.3 is 4.74 Å². The molecule has 0 aliphatic carbocycles. The van der Waals surface area contributed by atoms with Crippen LogP contribution in [0.1, 0.15) is 38.7 Å². The number of nitrogens with zero attached hydrogens (tertiary/aromatic N) is 1. The Morgan fingerprint density at radius 2 is 1.85 bits per heavy atom. The Morgan fingerprint density at radius 3 is 2.35 bits per heavy atom. The van der Waals surface area contributed by atoms with Crippen molar-refractivity contribution in [2.75, 3.05) is 6.61 Å². The second-order valence-electron chi connectivity index (χ2n) is 5.32. The summed E-state index contributed by atoms with van der Waals surface area (Å²) in [5, 5.41) is 8.95. The number of benzene rings is 1. The van der Waals surface area contributed by atoms with E-state index < -0.39 is 0 Å². The van der Waals surface area contributed by atoms with Gasteiger partial charge in [0.2, 0.25) is 0 Å². The maximum absolute atomic E-state index is 8.95. The molecule has 5 heteroatoms. The van der Waals surface area contributed by atoms with Gasteiger partial charge >= 0.3 is 0 Å². The molecular weight excluding hydrogens is 405 g/mol. The molecule has 1 rings (SSSR count). The first-order valence-electron chi connectivity index (χ1n) is 6.47. The van der Waals surface area contributed by atoms with Gasteiger partial charge in [0, 0.05) is 5.88 Å². The van der Waals surface area contributed by atoms with E-state index in [1.807, 2.05) is 26.0 Å². The fourth-order valence-corrected chi connectivity index (χ4v) is 3.39.